The summed E-state index contributed by atoms with van der Waals surface area (Å²) in [6.07, 6.45) is 3.86. The molecule has 4 heteroatoms. The highest BCUT2D eigenvalue weighted by Crippen LogP contribution is 2.16. The molecule has 2 aromatic rings. The van der Waals surface area contributed by atoms with Gasteiger partial charge in [-0.1, -0.05) is 23.5 Å². The third-order valence-electron chi connectivity index (χ3n) is 1.81. The van der Waals surface area contributed by atoms with Crippen LogP contribution in [-0.4, -0.2) is 11.3 Å². The van der Waals surface area contributed by atoms with Crippen LogP contribution in [0.25, 0.3) is 16.3 Å². The topological polar surface area (TPSA) is 49.9 Å². The summed E-state index contributed by atoms with van der Waals surface area (Å²) in [5.74, 6) is 0. The van der Waals surface area contributed by atoms with Crippen molar-refractivity contribution < 1.29 is 4.79 Å². The summed E-state index contributed by atoms with van der Waals surface area (Å²) in [4.78, 5) is 23.8. The summed E-state index contributed by atoms with van der Waals surface area (Å²) in [6.45, 7) is 0. The van der Waals surface area contributed by atoms with E-state index >= 15 is 0 Å². The second kappa shape index (κ2) is 3.59. The molecule has 0 atom stereocenters. The molecule has 14 heavy (non-hydrogen) atoms. The van der Waals surface area contributed by atoms with Gasteiger partial charge in [0, 0.05) is 0 Å². The van der Waals surface area contributed by atoms with Crippen molar-refractivity contribution >= 4 is 33.9 Å². The first kappa shape index (κ1) is 8.90. The van der Waals surface area contributed by atoms with E-state index in [2.05, 4.69) is 4.98 Å². The van der Waals surface area contributed by atoms with Crippen LogP contribution in [0.3, 0.4) is 0 Å². The van der Waals surface area contributed by atoms with Gasteiger partial charge in [0.25, 0.3) is 0 Å². The van der Waals surface area contributed by atoms with Crippen molar-refractivity contribution in [1.29, 1.82) is 0 Å². The lowest BCUT2D eigenvalue weighted by molar-refractivity contribution is -0.104. The lowest BCUT2D eigenvalue weighted by Crippen LogP contribution is -1.89. The molecule has 0 saturated carbocycles. The maximum absolute atomic E-state index is 11.0. The van der Waals surface area contributed by atoms with E-state index in [9.17, 15) is 9.59 Å². The number of fused-ring (bicyclic) bond motifs is 1. The van der Waals surface area contributed by atoms with Gasteiger partial charge in [-0.15, -0.1) is 0 Å². The van der Waals surface area contributed by atoms with E-state index < -0.39 is 0 Å². The molecule has 0 aliphatic carbocycles. The number of allylic oxidation sites excluding steroid dienone is 1. The molecule has 0 amide bonds. The molecule has 0 bridgehead atoms. The average molecular weight is 205 g/mol. The van der Waals surface area contributed by atoms with Crippen LogP contribution in [-0.2, 0) is 4.79 Å². The standard InChI is InChI=1S/C10H7NO2S/c12-5-1-2-7-3-4-8-9(6-7)14-10(13)11-8/h1-6H,(H,11,13). The molecule has 1 aromatic carbocycles. The van der Waals surface area contributed by atoms with Gasteiger partial charge in [-0.25, -0.2) is 0 Å². The molecular weight excluding hydrogens is 198 g/mol. The second-order valence-corrected chi connectivity index (χ2v) is 3.78. The molecule has 70 valence electrons. The van der Waals surface area contributed by atoms with Crippen molar-refractivity contribution in [2.24, 2.45) is 0 Å². The second-order valence-electron chi connectivity index (χ2n) is 2.77. The molecule has 1 N–H and O–H groups in total. The van der Waals surface area contributed by atoms with Crippen LogP contribution >= 0.6 is 11.3 Å². The fourth-order valence-electron chi connectivity index (χ4n) is 1.22. The number of thiazole rings is 1. The summed E-state index contributed by atoms with van der Waals surface area (Å²) in [5, 5.41) is 0. The zero-order valence-electron chi connectivity index (χ0n) is 7.19. The van der Waals surface area contributed by atoms with Gasteiger partial charge in [0.2, 0.25) is 0 Å². The molecule has 1 aromatic heterocycles. The fraction of sp³-hybridized carbons (Fsp3) is 0. The Labute approximate surface area is 83.7 Å². The highest BCUT2D eigenvalue weighted by molar-refractivity contribution is 7.16. The minimum Gasteiger partial charge on any atom is -0.312 e. The van der Waals surface area contributed by atoms with E-state index in [-0.39, 0.29) is 4.87 Å². The van der Waals surface area contributed by atoms with E-state index in [0.29, 0.717) is 0 Å². The summed E-state index contributed by atoms with van der Waals surface area (Å²) >= 11 is 1.17. The first-order valence-corrected chi connectivity index (χ1v) is 4.86. The lowest BCUT2D eigenvalue weighted by Gasteiger charge is -1.91. The number of rotatable bonds is 2. The molecule has 3 nitrogen and oxygen atoms in total. The molecule has 0 saturated heterocycles. The molecule has 0 spiro atoms. The summed E-state index contributed by atoms with van der Waals surface area (Å²) in [5.41, 5.74) is 1.75. The van der Waals surface area contributed by atoms with Crippen molar-refractivity contribution in [2.45, 2.75) is 0 Å². The van der Waals surface area contributed by atoms with E-state index in [1.54, 1.807) is 6.08 Å². The number of hydrogen-bond donors (Lipinski definition) is 1. The maximum Gasteiger partial charge on any atom is 0.305 e. The van der Waals surface area contributed by atoms with E-state index in [1.165, 1.54) is 17.4 Å². The third-order valence-corrected chi connectivity index (χ3v) is 2.66. The highest BCUT2D eigenvalue weighted by atomic mass is 32.1. The predicted octanol–water partition coefficient (Wildman–Crippen LogP) is 1.80. The molecule has 0 aliphatic heterocycles. The van der Waals surface area contributed by atoms with E-state index in [0.717, 1.165) is 22.1 Å². The Kier molecular flexibility index (Phi) is 2.28. The van der Waals surface area contributed by atoms with Gasteiger partial charge in [-0.2, -0.15) is 0 Å². The van der Waals surface area contributed by atoms with Crippen molar-refractivity contribution in [1.82, 2.24) is 4.98 Å². The van der Waals surface area contributed by atoms with Crippen molar-refractivity contribution in [3.05, 3.63) is 39.5 Å². The van der Waals surface area contributed by atoms with Gasteiger partial charge in [0.15, 0.2) is 0 Å². The third kappa shape index (κ3) is 1.65. The summed E-state index contributed by atoms with van der Waals surface area (Å²) in [6, 6.07) is 5.56. The molecule has 2 rings (SSSR count). The smallest absolute Gasteiger partial charge is 0.305 e. The van der Waals surface area contributed by atoms with Gasteiger partial charge in [0.1, 0.15) is 6.29 Å². The zero-order valence-corrected chi connectivity index (χ0v) is 8.01. The van der Waals surface area contributed by atoms with Crippen molar-refractivity contribution in [3.63, 3.8) is 0 Å². The Morgan fingerprint density at radius 1 is 1.36 bits per heavy atom. The first-order chi connectivity index (χ1) is 6.79. The van der Waals surface area contributed by atoms with Crippen LogP contribution in [0.1, 0.15) is 5.56 Å². The minimum absolute atomic E-state index is 0.0588. The number of nitrogens with one attached hydrogen (secondary N) is 1. The number of H-pyrrole nitrogens is 1. The van der Waals surface area contributed by atoms with Crippen molar-refractivity contribution in [3.8, 4) is 0 Å². The number of benzene rings is 1. The molecule has 0 aliphatic rings. The number of aldehydes is 1. The quantitative estimate of drug-likeness (QED) is 0.600. The first-order valence-electron chi connectivity index (χ1n) is 4.04. The normalized spacial score (nSPS) is 11.1. The Morgan fingerprint density at radius 2 is 2.21 bits per heavy atom. The predicted molar refractivity (Wildman–Crippen MR) is 57.5 cm³/mol. The van der Waals surface area contributed by atoms with E-state index in [1.807, 2.05) is 18.2 Å². The number of carbonyl (C=O) groups is 1. The molecule has 1 heterocycles. The molecule has 0 unspecified atom stereocenters. The van der Waals surface area contributed by atoms with Crippen LogP contribution in [0.15, 0.2) is 29.1 Å². The van der Waals surface area contributed by atoms with Crippen LogP contribution < -0.4 is 4.87 Å². The molecule has 0 radical (unpaired) electrons. The van der Waals surface area contributed by atoms with E-state index in [4.69, 9.17) is 0 Å². The number of hydrogen-bond acceptors (Lipinski definition) is 3. The minimum atomic E-state index is -0.0588. The number of aromatic nitrogens is 1. The van der Waals surface area contributed by atoms with Gasteiger partial charge in [-0.05, 0) is 23.8 Å². The van der Waals surface area contributed by atoms with Gasteiger partial charge >= 0.3 is 4.87 Å². The monoisotopic (exact) mass is 205 g/mol. The van der Waals surface area contributed by atoms with Crippen molar-refractivity contribution in [2.75, 3.05) is 0 Å². The molecule has 0 fully saturated rings. The van der Waals surface area contributed by atoms with Gasteiger partial charge in [-0.3, -0.25) is 9.59 Å². The van der Waals surface area contributed by atoms with Crippen LogP contribution in [0.5, 0.6) is 0 Å². The number of aromatic amines is 1. The average Bonchev–Trinajstić information content (AvgIpc) is 2.54. The van der Waals surface area contributed by atoms with Gasteiger partial charge < -0.3 is 4.98 Å². The van der Waals surface area contributed by atoms with Crippen LogP contribution in [0.4, 0.5) is 0 Å². The Morgan fingerprint density at radius 3 is 3.00 bits per heavy atom. The summed E-state index contributed by atoms with van der Waals surface area (Å²) < 4.78 is 0.906. The lowest BCUT2D eigenvalue weighted by atomic mass is 10.2. The van der Waals surface area contributed by atoms with Crippen LogP contribution in [0.2, 0.25) is 0 Å². The fourth-order valence-corrected chi connectivity index (χ4v) is 2.00. The Hall–Kier alpha value is -1.68. The highest BCUT2D eigenvalue weighted by Gasteiger charge is 1.98. The zero-order chi connectivity index (χ0) is 9.97. The Balaban J connectivity index is 2.55. The molecular formula is C10H7NO2S. The largest absolute Gasteiger partial charge is 0.312 e. The number of carbonyl (C=O) groups excluding carboxylic acids is 1. The maximum atomic E-state index is 11.0. The SMILES string of the molecule is O=CC=Cc1ccc2[nH]c(=O)sc2c1. The Bertz CT molecular complexity index is 550. The van der Waals surface area contributed by atoms with Gasteiger partial charge in [0.05, 0.1) is 10.2 Å². The van der Waals surface area contributed by atoms with Crippen LogP contribution in [0, 0.1) is 0 Å². The summed E-state index contributed by atoms with van der Waals surface area (Å²) in [7, 11) is 0.